The van der Waals surface area contributed by atoms with E-state index in [4.69, 9.17) is 14.3 Å². The average molecular weight is 507 g/mol. The minimum absolute atomic E-state index is 0.153. The fourth-order valence-electron chi connectivity index (χ4n) is 4.26. The van der Waals surface area contributed by atoms with E-state index < -0.39 is 17.8 Å². The highest BCUT2D eigenvalue weighted by atomic mass is 16.5. The Hall–Kier alpha value is -5.23. The van der Waals surface area contributed by atoms with Crippen LogP contribution in [0.15, 0.2) is 88.0 Å². The molecule has 0 unspecified atom stereocenters. The lowest BCUT2D eigenvalue weighted by Gasteiger charge is -2.27. The van der Waals surface area contributed by atoms with Gasteiger partial charge in [0.2, 0.25) is 0 Å². The first-order chi connectivity index (χ1) is 18.4. The van der Waals surface area contributed by atoms with Crippen molar-refractivity contribution in [3.05, 3.63) is 89.1 Å². The number of imide groups is 1. The van der Waals surface area contributed by atoms with Gasteiger partial charge in [-0.15, -0.1) is 0 Å². The molecule has 2 aromatic heterocycles. The standard InChI is InChI=1S/C29H22N4O5/c1-18-23(28(35)32(12-13-37-19(2)34)29(36)24(18)16-30)14-21-17-33(22-9-4-3-5-10-22)31-27(21)26-15-20-8-6-7-11-25(20)38-26/h3-11,14-15,17H,12-13H2,1-2H3/b23-14+. The molecule has 2 aromatic carbocycles. The van der Waals surface area contributed by atoms with Gasteiger partial charge in [-0.25, -0.2) is 4.68 Å². The van der Waals surface area contributed by atoms with Crippen LogP contribution in [0.1, 0.15) is 19.4 Å². The van der Waals surface area contributed by atoms with E-state index in [1.807, 2.05) is 66.7 Å². The zero-order valence-electron chi connectivity index (χ0n) is 20.7. The first-order valence-corrected chi connectivity index (χ1v) is 11.8. The minimum Gasteiger partial charge on any atom is -0.464 e. The maximum atomic E-state index is 13.5. The second-order valence-corrected chi connectivity index (χ2v) is 8.63. The number of amides is 2. The van der Waals surface area contributed by atoms with Gasteiger partial charge in [0.25, 0.3) is 11.8 Å². The van der Waals surface area contributed by atoms with Crippen LogP contribution in [0.3, 0.4) is 0 Å². The Labute approximate surface area is 217 Å². The van der Waals surface area contributed by atoms with Crippen molar-refractivity contribution >= 4 is 34.8 Å². The predicted molar refractivity (Wildman–Crippen MR) is 138 cm³/mol. The topological polar surface area (TPSA) is 118 Å². The number of furan rings is 1. The number of hydrogen-bond donors (Lipinski definition) is 0. The SMILES string of the molecule is CC(=O)OCCN1C(=O)C(C#N)=C(C)/C(=C\c2cn(-c3ccccc3)nc2-c2cc3ccccc3o2)C1=O. The monoisotopic (exact) mass is 506 g/mol. The third-order valence-electron chi connectivity index (χ3n) is 6.17. The Bertz CT molecular complexity index is 1650. The van der Waals surface area contributed by atoms with E-state index in [0.29, 0.717) is 22.6 Å². The van der Waals surface area contributed by atoms with Crippen molar-refractivity contribution in [3.8, 4) is 23.2 Å². The van der Waals surface area contributed by atoms with Crippen LogP contribution in [0.5, 0.6) is 0 Å². The average Bonchev–Trinajstić information content (AvgIpc) is 3.53. The number of nitrogens with zero attached hydrogens (tertiary/aromatic N) is 4. The van der Waals surface area contributed by atoms with Crippen LogP contribution < -0.4 is 0 Å². The Kier molecular flexibility index (Phi) is 6.46. The molecule has 0 radical (unpaired) electrons. The van der Waals surface area contributed by atoms with Crippen molar-refractivity contribution in [3.63, 3.8) is 0 Å². The first-order valence-electron chi connectivity index (χ1n) is 11.8. The predicted octanol–water partition coefficient (Wildman–Crippen LogP) is 4.44. The smallest absolute Gasteiger partial charge is 0.302 e. The van der Waals surface area contributed by atoms with Gasteiger partial charge in [-0.1, -0.05) is 36.4 Å². The Morgan fingerprint density at radius 2 is 1.84 bits per heavy atom. The number of aromatic nitrogens is 2. The summed E-state index contributed by atoms with van der Waals surface area (Å²) in [7, 11) is 0. The number of esters is 1. The molecule has 0 saturated carbocycles. The van der Waals surface area contributed by atoms with Gasteiger partial charge in [0.05, 0.1) is 12.2 Å². The van der Waals surface area contributed by atoms with Crippen molar-refractivity contribution in [2.45, 2.75) is 13.8 Å². The van der Waals surface area contributed by atoms with E-state index in [2.05, 4.69) is 0 Å². The minimum atomic E-state index is -0.725. The quantitative estimate of drug-likeness (QED) is 0.215. The fourth-order valence-corrected chi connectivity index (χ4v) is 4.26. The van der Waals surface area contributed by atoms with Crippen LogP contribution in [0.25, 0.3) is 34.2 Å². The summed E-state index contributed by atoms with van der Waals surface area (Å²) < 4.78 is 12.7. The summed E-state index contributed by atoms with van der Waals surface area (Å²) in [5.74, 6) is -1.35. The van der Waals surface area contributed by atoms with E-state index >= 15 is 0 Å². The lowest BCUT2D eigenvalue weighted by Crippen LogP contribution is -2.44. The molecule has 188 valence electrons. The van der Waals surface area contributed by atoms with Crippen LogP contribution >= 0.6 is 0 Å². The van der Waals surface area contributed by atoms with Crippen molar-refractivity contribution < 1.29 is 23.5 Å². The second kappa shape index (κ2) is 10.0. The number of hydrogen-bond acceptors (Lipinski definition) is 7. The highest BCUT2D eigenvalue weighted by Gasteiger charge is 2.35. The largest absolute Gasteiger partial charge is 0.464 e. The number of rotatable bonds is 6. The van der Waals surface area contributed by atoms with Gasteiger partial charge in [0, 0.05) is 29.6 Å². The zero-order valence-corrected chi connectivity index (χ0v) is 20.7. The molecule has 0 N–H and O–H groups in total. The Balaban J connectivity index is 1.65. The number of carbonyl (C=O) groups excluding carboxylic acids is 3. The van der Waals surface area contributed by atoms with Crippen molar-refractivity contribution in [2.75, 3.05) is 13.2 Å². The molecule has 0 aliphatic carbocycles. The van der Waals surface area contributed by atoms with Crippen molar-refractivity contribution in [1.82, 2.24) is 14.7 Å². The van der Waals surface area contributed by atoms with Gasteiger partial charge >= 0.3 is 5.97 Å². The fraction of sp³-hybridized carbons (Fsp3) is 0.138. The highest BCUT2D eigenvalue weighted by Crippen LogP contribution is 2.33. The zero-order chi connectivity index (χ0) is 26.8. The molecular weight excluding hydrogens is 484 g/mol. The lowest BCUT2D eigenvalue weighted by atomic mass is 9.93. The van der Waals surface area contributed by atoms with Crippen LogP contribution in [-0.4, -0.2) is 45.6 Å². The molecule has 1 aliphatic rings. The number of fused-ring (bicyclic) bond motifs is 1. The summed E-state index contributed by atoms with van der Waals surface area (Å²) in [5, 5.41) is 15.3. The summed E-state index contributed by atoms with van der Waals surface area (Å²) in [4.78, 5) is 38.4. The van der Waals surface area contributed by atoms with Gasteiger partial charge in [-0.05, 0) is 42.8 Å². The lowest BCUT2D eigenvalue weighted by molar-refractivity contribution is -0.147. The number of nitriles is 1. The van der Waals surface area contributed by atoms with Crippen molar-refractivity contribution in [1.29, 1.82) is 5.26 Å². The molecule has 38 heavy (non-hydrogen) atoms. The third-order valence-corrected chi connectivity index (χ3v) is 6.17. The molecule has 0 atom stereocenters. The number of benzene rings is 2. The molecule has 0 saturated heterocycles. The normalized spacial score (nSPS) is 14.9. The van der Waals surface area contributed by atoms with Gasteiger partial charge in [0.15, 0.2) is 5.76 Å². The summed E-state index contributed by atoms with van der Waals surface area (Å²) in [6, 6.07) is 20.8. The molecule has 9 nitrogen and oxygen atoms in total. The van der Waals surface area contributed by atoms with Crippen LogP contribution in [0, 0.1) is 11.3 Å². The van der Waals surface area contributed by atoms with Crippen LogP contribution in [0.2, 0.25) is 0 Å². The molecule has 0 fully saturated rings. The molecule has 9 heteroatoms. The molecule has 2 amide bonds. The van der Waals surface area contributed by atoms with E-state index in [1.54, 1.807) is 23.9 Å². The summed E-state index contributed by atoms with van der Waals surface area (Å²) in [6.07, 6.45) is 3.37. The van der Waals surface area contributed by atoms with Crippen LogP contribution in [-0.2, 0) is 19.1 Å². The Morgan fingerprint density at radius 1 is 1.11 bits per heavy atom. The molecule has 0 spiro atoms. The third kappa shape index (κ3) is 4.51. The maximum Gasteiger partial charge on any atom is 0.302 e. The summed E-state index contributed by atoms with van der Waals surface area (Å²) in [5.41, 5.74) is 2.80. The van der Waals surface area contributed by atoms with Crippen molar-refractivity contribution in [2.24, 2.45) is 0 Å². The number of ether oxygens (including phenoxy) is 1. The second-order valence-electron chi connectivity index (χ2n) is 8.63. The van der Waals surface area contributed by atoms with E-state index in [9.17, 15) is 19.6 Å². The van der Waals surface area contributed by atoms with Gasteiger partial charge in [-0.2, -0.15) is 10.4 Å². The molecule has 1 aliphatic heterocycles. The maximum absolute atomic E-state index is 13.5. The van der Waals surface area contributed by atoms with E-state index in [0.717, 1.165) is 16.0 Å². The molecule has 0 bridgehead atoms. The Morgan fingerprint density at radius 3 is 2.55 bits per heavy atom. The number of para-hydroxylation sites is 2. The molecule has 4 aromatic rings. The summed E-state index contributed by atoms with van der Waals surface area (Å²) >= 11 is 0. The van der Waals surface area contributed by atoms with E-state index in [-0.39, 0.29) is 29.9 Å². The first kappa shape index (κ1) is 24.5. The van der Waals surface area contributed by atoms with E-state index in [1.165, 1.54) is 6.92 Å². The summed E-state index contributed by atoms with van der Waals surface area (Å²) in [6.45, 7) is 2.45. The number of carbonyl (C=O) groups is 3. The highest BCUT2D eigenvalue weighted by molar-refractivity contribution is 6.19. The molecule has 5 rings (SSSR count). The molecular formula is C29H22N4O5. The van der Waals surface area contributed by atoms with Gasteiger partial charge < -0.3 is 9.15 Å². The van der Waals surface area contributed by atoms with Crippen LogP contribution in [0.4, 0.5) is 0 Å². The van der Waals surface area contributed by atoms with Gasteiger partial charge in [-0.3, -0.25) is 19.3 Å². The van der Waals surface area contributed by atoms with Gasteiger partial charge in [0.1, 0.15) is 29.5 Å². The molecule has 3 heterocycles.